The molecule has 0 bridgehead atoms. The lowest BCUT2D eigenvalue weighted by Crippen LogP contribution is -2.09. The monoisotopic (exact) mass is 271 g/mol. The van der Waals surface area contributed by atoms with E-state index in [0.29, 0.717) is 0 Å². The minimum atomic E-state index is -1.22. The second kappa shape index (κ2) is 5.31. The second-order valence-electron chi connectivity index (χ2n) is 3.99. The van der Waals surface area contributed by atoms with E-state index in [9.17, 15) is 19.7 Å². The van der Waals surface area contributed by atoms with Gasteiger partial charge in [0.2, 0.25) is 0 Å². The SMILES string of the molecule is O=C(O)c1ccccc1C(=O)c1cccc([N+](=O)[O-])c1. The number of nitro benzene ring substituents is 1. The van der Waals surface area contributed by atoms with E-state index in [4.69, 9.17) is 5.11 Å². The van der Waals surface area contributed by atoms with E-state index in [1.807, 2.05) is 0 Å². The number of nitrogens with zero attached hydrogens (tertiary/aromatic N) is 1. The molecule has 0 radical (unpaired) electrons. The normalized spacial score (nSPS) is 10.0. The maximum Gasteiger partial charge on any atom is 0.336 e. The zero-order valence-corrected chi connectivity index (χ0v) is 10.1. The molecule has 2 aromatic rings. The van der Waals surface area contributed by atoms with E-state index >= 15 is 0 Å². The number of non-ortho nitro benzene ring substituents is 1. The fraction of sp³-hybridized carbons (Fsp3) is 0. The van der Waals surface area contributed by atoms with Crippen molar-refractivity contribution >= 4 is 17.4 Å². The molecule has 0 heterocycles. The predicted octanol–water partition coefficient (Wildman–Crippen LogP) is 2.52. The summed E-state index contributed by atoms with van der Waals surface area (Å²) in [6, 6.07) is 10.9. The number of rotatable bonds is 4. The van der Waals surface area contributed by atoms with Gasteiger partial charge < -0.3 is 5.11 Å². The Hall–Kier alpha value is -3.02. The van der Waals surface area contributed by atoms with E-state index in [0.717, 1.165) is 6.07 Å². The summed E-state index contributed by atoms with van der Waals surface area (Å²) in [5, 5.41) is 19.7. The van der Waals surface area contributed by atoms with Crippen molar-refractivity contribution in [1.82, 2.24) is 0 Å². The Balaban J connectivity index is 2.49. The highest BCUT2D eigenvalue weighted by Gasteiger charge is 2.18. The lowest BCUT2D eigenvalue weighted by molar-refractivity contribution is -0.384. The summed E-state index contributed by atoms with van der Waals surface area (Å²) in [5.41, 5.74) is -0.277. The first-order valence-corrected chi connectivity index (χ1v) is 5.62. The van der Waals surface area contributed by atoms with Crippen molar-refractivity contribution in [2.75, 3.05) is 0 Å². The van der Waals surface area contributed by atoms with Crippen molar-refractivity contribution in [3.8, 4) is 0 Å². The van der Waals surface area contributed by atoms with Crippen LogP contribution in [0.25, 0.3) is 0 Å². The van der Waals surface area contributed by atoms with Gasteiger partial charge in [-0.05, 0) is 6.07 Å². The molecule has 0 atom stereocenters. The van der Waals surface area contributed by atoms with Crippen LogP contribution in [0, 0.1) is 10.1 Å². The molecule has 0 fully saturated rings. The van der Waals surface area contributed by atoms with E-state index in [2.05, 4.69) is 0 Å². The summed E-state index contributed by atoms with van der Waals surface area (Å²) < 4.78 is 0. The highest BCUT2D eigenvalue weighted by atomic mass is 16.6. The van der Waals surface area contributed by atoms with Crippen LogP contribution in [-0.2, 0) is 0 Å². The Bertz CT molecular complexity index is 708. The summed E-state index contributed by atoms with van der Waals surface area (Å²) in [6.45, 7) is 0. The third-order valence-corrected chi connectivity index (χ3v) is 2.72. The summed E-state index contributed by atoms with van der Waals surface area (Å²) >= 11 is 0. The van der Waals surface area contributed by atoms with Crippen LogP contribution in [0.5, 0.6) is 0 Å². The van der Waals surface area contributed by atoms with Crippen molar-refractivity contribution < 1.29 is 19.6 Å². The predicted molar refractivity (Wildman–Crippen MR) is 69.9 cm³/mol. The molecule has 0 aliphatic heterocycles. The number of carbonyl (C=O) groups is 2. The van der Waals surface area contributed by atoms with Crippen LogP contribution in [0.3, 0.4) is 0 Å². The molecule has 0 saturated carbocycles. The summed E-state index contributed by atoms with van der Waals surface area (Å²) in [7, 11) is 0. The third-order valence-electron chi connectivity index (χ3n) is 2.72. The van der Waals surface area contributed by atoms with Crippen LogP contribution < -0.4 is 0 Å². The molecular weight excluding hydrogens is 262 g/mol. The molecule has 0 amide bonds. The van der Waals surface area contributed by atoms with Gasteiger partial charge in [0.15, 0.2) is 5.78 Å². The van der Waals surface area contributed by atoms with Crippen molar-refractivity contribution in [3.05, 3.63) is 75.3 Å². The first-order chi connectivity index (χ1) is 9.50. The molecule has 100 valence electrons. The van der Waals surface area contributed by atoms with Gasteiger partial charge in [-0.3, -0.25) is 14.9 Å². The minimum Gasteiger partial charge on any atom is -0.478 e. The summed E-state index contributed by atoms with van der Waals surface area (Å²) in [4.78, 5) is 33.4. The van der Waals surface area contributed by atoms with Gasteiger partial charge in [0, 0.05) is 23.3 Å². The van der Waals surface area contributed by atoms with Crippen LogP contribution in [0.2, 0.25) is 0 Å². The number of benzene rings is 2. The zero-order chi connectivity index (χ0) is 14.7. The topological polar surface area (TPSA) is 97.5 Å². The van der Waals surface area contributed by atoms with E-state index in [1.165, 1.54) is 42.5 Å². The largest absolute Gasteiger partial charge is 0.478 e. The molecule has 0 aliphatic carbocycles. The number of carbonyl (C=O) groups excluding carboxylic acids is 1. The number of aromatic carboxylic acids is 1. The molecule has 0 aliphatic rings. The van der Waals surface area contributed by atoms with Gasteiger partial charge in [0.05, 0.1) is 10.5 Å². The van der Waals surface area contributed by atoms with Crippen LogP contribution in [-0.4, -0.2) is 21.8 Å². The number of carboxylic acid groups (broad SMARTS) is 1. The van der Waals surface area contributed by atoms with Crippen molar-refractivity contribution in [3.63, 3.8) is 0 Å². The lowest BCUT2D eigenvalue weighted by atomic mass is 9.98. The fourth-order valence-electron chi connectivity index (χ4n) is 1.78. The Kier molecular flexibility index (Phi) is 3.56. The van der Waals surface area contributed by atoms with Gasteiger partial charge in [-0.1, -0.05) is 30.3 Å². The van der Waals surface area contributed by atoms with E-state index in [1.54, 1.807) is 0 Å². The molecular formula is C14H9NO5. The van der Waals surface area contributed by atoms with Crippen LogP contribution in [0.1, 0.15) is 26.3 Å². The van der Waals surface area contributed by atoms with Gasteiger partial charge in [0.1, 0.15) is 0 Å². The first kappa shape index (κ1) is 13.4. The van der Waals surface area contributed by atoms with Crippen LogP contribution in [0.4, 0.5) is 5.69 Å². The molecule has 0 aromatic heterocycles. The number of hydrogen-bond acceptors (Lipinski definition) is 4. The molecule has 20 heavy (non-hydrogen) atoms. The number of nitro groups is 1. The minimum absolute atomic E-state index is 0.000461. The molecule has 0 spiro atoms. The average molecular weight is 271 g/mol. The second-order valence-corrected chi connectivity index (χ2v) is 3.99. The van der Waals surface area contributed by atoms with Crippen LogP contribution in [0.15, 0.2) is 48.5 Å². The van der Waals surface area contributed by atoms with Gasteiger partial charge >= 0.3 is 5.97 Å². The molecule has 2 rings (SSSR count). The summed E-state index contributed by atoms with van der Waals surface area (Å²) in [5.74, 6) is -1.79. The van der Waals surface area contributed by atoms with Crippen LogP contribution >= 0.6 is 0 Å². The Morgan fingerprint density at radius 1 is 1.00 bits per heavy atom. The molecule has 6 nitrogen and oxygen atoms in total. The molecule has 0 unspecified atom stereocenters. The Labute approximate surface area is 113 Å². The van der Waals surface area contributed by atoms with Crippen molar-refractivity contribution in [1.29, 1.82) is 0 Å². The quantitative estimate of drug-likeness (QED) is 0.523. The lowest BCUT2D eigenvalue weighted by Gasteiger charge is -2.05. The standard InChI is InChI=1S/C14H9NO5/c16-13(9-4-3-5-10(8-9)15(19)20)11-6-1-2-7-12(11)14(17)18/h1-8H,(H,17,18). The maximum absolute atomic E-state index is 12.3. The first-order valence-electron chi connectivity index (χ1n) is 5.62. The molecule has 6 heteroatoms. The van der Waals surface area contributed by atoms with E-state index in [-0.39, 0.29) is 22.4 Å². The van der Waals surface area contributed by atoms with Gasteiger partial charge in [-0.15, -0.1) is 0 Å². The summed E-state index contributed by atoms with van der Waals surface area (Å²) in [6.07, 6.45) is 0. The average Bonchev–Trinajstić information content (AvgIpc) is 2.46. The van der Waals surface area contributed by atoms with Gasteiger partial charge in [-0.2, -0.15) is 0 Å². The highest BCUT2D eigenvalue weighted by molar-refractivity contribution is 6.14. The molecule has 2 aromatic carbocycles. The third kappa shape index (κ3) is 2.54. The number of ketones is 1. The fourth-order valence-corrected chi connectivity index (χ4v) is 1.78. The number of hydrogen-bond donors (Lipinski definition) is 1. The highest BCUT2D eigenvalue weighted by Crippen LogP contribution is 2.18. The maximum atomic E-state index is 12.3. The zero-order valence-electron chi connectivity index (χ0n) is 10.1. The molecule has 1 N–H and O–H groups in total. The van der Waals surface area contributed by atoms with Gasteiger partial charge in [0.25, 0.3) is 5.69 Å². The Morgan fingerprint density at radius 3 is 2.25 bits per heavy atom. The molecule has 0 saturated heterocycles. The Morgan fingerprint density at radius 2 is 1.65 bits per heavy atom. The van der Waals surface area contributed by atoms with Crippen molar-refractivity contribution in [2.24, 2.45) is 0 Å². The van der Waals surface area contributed by atoms with Gasteiger partial charge in [-0.25, -0.2) is 4.79 Å². The van der Waals surface area contributed by atoms with E-state index < -0.39 is 16.7 Å². The number of carboxylic acids is 1. The van der Waals surface area contributed by atoms with Crippen molar-refractivity contribution in [2.45, 2.75) is 0 Å². The smallest absolute Gasteiger partial charge is 0.336 e.